The Morgan fingerprint density at radius 2 is 1.69 bits per heavy atom. The fourth-order valence-corrected chi connectivity index (χ4v) is 4.29. The van der Waals surface area contributed by atoms with Crippen molar-refractivity contribution < 1.29 is 19.1 Å². The summed E-state index contributed by atoms with van der Waals surface area (Å²) in [5.74, 6) is 0.453. The molecule has 1 aromatic rings. The molecule has 1 aromatic carbocycles. The Kier molecular flexibility index (Phi) is 6.77. The molecule has 0 unspecified atom stereocenters. The maximum absolute atomic E-state index is 13.4. The van der Waals surface area contributed by atoms with Crippen LogP contribution in [0.4, 0.5) is 0 Å². The monoisotopic (exact) mass is 401 g/mol. The van der Waals surface area contributed by atoms with Crippen molar-refractivity contribution in [3.8, 4) is 5.75 Å². The van der Waals surface area contributed by atoms with Crippen LogP contribution in [0, 0.1) is 5.92 Å². The van der Waals surface area contributed by atoms with Crippen molar-refractivity contribution in [3.63, 3.8) is 0 Å². The molecule has 0 N–H and O–H groups in total. The second-order valence-electron chi connectivity index (χ2n) is 7.80. The minimum absolute atomic E-state index is 0.0152. The van der Waals surface area contributed by atoms with E-state index in [0.29, 0.717) is 32.7 Å². The first-order valence-electron chi connectivity index (χ1n) is 10.4. The van der Waals surface area contributed by atoms with Gasteiger partial charge in [-0.2, -0.15) is 0 Å². The molecule has 2 heterocycles. The molecule has 2 saturated heterocycles. The quantitative estimate of drug-likeness (QED) is 0.732. The molecular formula is C22H31N3O4. The molecule has 0 radical (unpaired) electrons. The summed E-state index contributed by atoms with van der Waals surface area (Å²) in [6.07, 6.45) is 2.15. The third-order valence-corrected chi connectivity index (χ3v) is 6.00. The van der Waals surface area contributed by atoms with Crippen molar-refractivity contribution >= 4 is 17.7 Å². The number of amides is 3. The lowest BCUT2D eigenvalue weighted by Crippen LogP contribution is -2.52. The fraction of sp³-hybridized carbons (Fsp3) is 0.591. The van der Waals surface area contributed by atoms with Crippen LogP contribution in [-0.4, -0.2) is 72.3 Å². The van der Waals surface area contributed by atoms with Crippen LogP contribution in [0.2, 0.25) is 0 Å². The minimum atomic E-state index is -0.392. The van der Waals surface area contributed by atoms with Crippen molar-refractivity contribution in [2.75, 3.05) is 39.8 Å². The van der Waals surface area contributed by atoms with Crippen LogP contribution in [0.3, 0.4) is 0 Å². The molecule has 0 spiro atoms. The number of benzene rings is 1. The molecule has 29 heavy (non-hydrogen) atoms. The van der Waals surface area contributed by atoms with E-state index in [1.54, 1.807) is 18.9 Å². The Morgan fingerprint density at radius 1 is 1.07 bits per heavy atom. The van der Waals surface area contributed by atoms with Gasteiger partial charge in [-0.05, 0) is 24.1 Å². The maximum Gasteiger partial charge on any atom is 0.228 e. The van der Waals surface area contributed by atoms with E-state index in [2.05, 4.69) is 6.92 Å². The second-order valence-corrected chi connectivity index (χ2v) is 7.80. The first-order valence-corrected chi connectivity index (χ1v) is 10.4. The summed E-state index contributed by atoms with van der Waals surface area (Å²) in [6, 6.07) is 7.41. The zero-order chi connectivity index (χ0) is 21.0. The van der Waals surface area contributed by atoms with Gasteiger partial charge in [0.1, 0.15) is 5.75 Å². The number of hydrogen-bond acceptors (Lipinski definition) is 4. The maximum atomic E-state index is 13.4. The average molecular weight is 402 g/mol. The van der Waals surface area contributed by atoms with Gasteiger partial charge in [-0.3, -0.25) is 14.4 Å². The molecule has 0 saturated carbocycles. The largest absolute Gasteiger partial charge is 0.497 e. The van der Waals surface area contributed by atoms with E-state index in [9.17, 15) is 14.4 Å². The smallest absolute Gasteiger partial charge is 0.228 e. The SMILES string of the molecule is CCCCN1C(=O)C[C@H](C(=O)N2CCN(C(C)=O)CC2)[C@@H]1c1ccc(OC)cc1. The highest BCUT2D eigenvalue weighted by Crippen LogP contribution is 2.40. The Balaban J connectivity index is 1.81. The van der Waals surface area contributed by atoms with Crippen LogP contribution in [0.25, 0.3) is 0 Å². The van der Waals surface area contributed by atoms with Gasteiger partial charge in [-0.1, -0.05) is 25.5 Å². The number of likely N-dealkylation sites (tertiary alicyclic amines) is 1. The van der Waals surface area contributed by atoms with Gasteiger partial charge in [0, 0.05) is 46.1 Å². The molecule has 7 heteroatoms. The van der Waals surface area contributed by atoms with E-state index in [1.807, 2.05) is 34.1 Å². The molecule has 0 bridgehead atoms. The second kappa shape index (κ2) is 9.29. The highest BCUT2D eigenvalue weighted by molar-refractivity contribution is 5.90. The van der Waals surface area contributed by atoms with Crippen LogP contribution in [0.15, 0.2) is 24.3 Å². The van der Waals surface area contributed by atoms with Gasteiger partial charge in [0.25, 0.3) is 0 Å². The molecule has 7 nitrogen and oxygen atoms in total. The van der Waals surface area contributed by atoms with E-state index in [1.165, 1.54) is 0 Å². The molecule has 0 aromatic heterocycles. The van der Waals surface area contributed by atoms with Crippen LogP contribution in [0.5, 0.6) is 5.75 Å². The van der Waals surface area contributed by atoms with E-state index in [4.69, 9.17) is 4.74 Å². The Hall–Kier alpha value is -2.57. The van der Waals surface area contributed by atoms with E-state index in [0.717, 1.165) is 24.2 Å². The minimum Gasteiger partial charge on any atom is -0.497 e. The zero-order valence-corrected chi connectivity index (χ0v) is 17.6. The van der Waals surface area contributed by atoms with Crippen molar-refractivity contribution in [2.24, 2.45) is 5.92 Å². The van der Waals surface area contributed by atoms with Crippen LogP contribution in [0.1, 0.15) is 44.7 Å². The number of carbonyl (C=O) groups excluding carboxylic acids is 3. The molecule has 2 aliphatic heterocycles. The van der Waals surface area contributed by atoms with Gasteiger partial charge in [-0.15, -0.1) is 0 Å². The number of methoxy groups -OCH3 is 1. The third-order valence-electron chi connectivity index (χ3n) is 6.00. The summed E-state index contributed by atoms with van der Waals surface area (Å²) in [6.45, 7) is 6.45. The molecule has 2 atom stereocenters. The highest BCUT2D eigenvalue weighted by atomic mass is 16.5. The summed E-state index contributed by atoms with van der Waals surface area (Å²) in [5.41, 5.74) is 0.966. The van der Waals surface area contributed by atoms with Gasteiger partial charge in [-0.25, -0.2) is 0 Å². The molecule has 3 amide bonds. The topological polar surface area (TPSA) is 70.2 Å². The first kappa shape index (κ1) is 21.1. The number of piperazine rings is 1. The van der Waals surface area contributed by atoms with Crippen molar-refractivity contribution in [1.82, 2.24) is 14.7 Å². The average Bonchev–Trinajstić information content (AvgIpc) is 3.07. The van der Waals surface area contributed by atoms with Crippen LogP contribution >= 0.6 is 0 Å². The number of ether oxygens (including phenoxy) is 1. The summed E-state index contributed by atoms with van der Waals surface area (Å²) < 4.78 is 5.26. The summed E-state index contributed by atoms with van der Waals surface area (Å²) in [5, 5.41) is 0. The number of rotatable bonds is 6. The van der Waals surface area contributed by atoms with Crippen LogP contribution < -0.4 is 4.74 Å². The molecule has 158 valence electrons. The van der Waals surface area contributed by atoms with Gasteiger partial charge < -0.3 is 19.4 Å². The van der Waals surface area contributed by atoms with Gasteiger partial charge in [0.05, 0.1) is 19.1 Å². The van der Waals surface area contributed by atoms with Gasteiger partial charge in [0.15, 0.2) is 0 Å². The normalized spacial score (nSPS) is 22.2. The molecule has 0 aliphatic carbocycles. The molecular weight excluding hydrogens is 370 g/mol. The first-order chi connectivity index (χ1) is 14.0. The lowest BCUT2D eigenvalue weighted by Gasteiger charge is -2.37. The summed E-state index contributed by atoms with van der Waals surface area (Å²) in [4.78, 5) is 43.2. The lowest BCUT2D eigenvalue weighted by atomic mass is 9.92. The highest BCUT2D eigenvalue weighted by Gasteiger charge is 2.45. The Bertz CT molecular complexity index is 741. The standard InChI is InChI=1S/C22H31N3O4/c1-4-5-10-25-20(27)15-19(21(25)17-6-8-18(29-3)9-7-17)22(28)24-13-11-23(12-14-24)16(2)26/h6-9,19,21H,4-5,10-15H2,1-3H3/t19-,21-/m0/s1. The Labute approximate surface area is 172 Å². The molecule has 2 aliphatic rings. The van der Waals surface area contributed by atoms with Crippen molar-refractivity contribution in [3.05, 3.63) is 29.8 Å². The predicted octanol–water partition coefficient (Wildman–Crippen LogP) is 2.08. The van der Waals surface area contributed by atoms with Crippen molar-refractivity contribution in [1.29, 1.82) is 0 Å². The number of hydrogen-bond donors (Lipinski definition) is 0. The number of unbranched alkanes of at least 4 members (excludes halogenated alkanes) is 1. The molecule has 3 rings (SSSR count). The summed E-state index contributed by atoms with van der Waals surface area (Å²) in [7, 11) is 1.62. The van der Waals surface area contributed by atoms with Gasteiger partial charge in [0.2, 0.25) is 17.7 Å². The van der Waals surface area contributed by atoms with E-state index < -0.39 is 5.92 Å². The number of nitrogens with zero attached hydrogens (tertiary/aromatic N) is 3. The lowest BCUT2D eigenvalue weighted by molar-refractivity contribution is -0.142. The zero-order valence-electron chi connectivity index (χ0n) is 17.6. The van der Waals surface area contributed by atoms with Gasteiger partial charge >= 0.3 is 0 Å². The number of carbonyl (C=O) groups is 3. The third kappa shape index (κ3) is 4.54. The van der Waals surface area contributed by atoms with E-state index in [-0.39, 0.29) is 30.2 Å². The van der Waals surface area contributed by atoms with Crippen LogP contribution in [-0.2, 0) is 14.4 Å². The molecule has 2 fully saturated rings. The predicted molar refractivity (Wildman–Crippen MR) is 109 cm³/mol. The van der Waals surface area contributed by atoms with Crippen molar-refractivity contribution in [2.45, 2.75) is 39.2 Å². The summed E-state index contributed by atoms with van der Waals surface area (Å²) >= 11 is 0. The fourth-order valence-electron chi connectivity index (χ4n) is 4.29. The van der Waals surface area contributed by atoms with E-state index >= 15 is 0 Å². The Morgan fingerprint density at radius 3 is 2.24 bits per heavy atom.